The van der Waals surface area contributed by atoms with Gasteiger partial charge in [-0.05, 0) is 18.1 Å². The minimum Gasteiger partial charge on any atom is -0.310 e. The Morgan fingerprint density at radius 3 is 2.41 bits per heavy atom. The number of para-hydroxylation sites is 2. The molecular formula is C16H17N3O2S. The van der Waals surface area contributed by atoms with E-state index in [0.717, 1.165) is 11.4 Å². The number of carbonyl (C=O) groups is 2. The van der Waals surface area contributed by atoms with Gasteiger partial charge >= 0.3 is 0 Å². The van der Waals surface area contributed by atoms with Crippen LogP contribution in [0.4, 0.5) is 11.4 Å². The molecule has 3 rings (SSSR count). The van der Waals surface area contributed by atoms with E-state index < -0.39 is 0 Å². The molecule has 1 aliphatic heterocycles. The lowest BCUT2D eigenvalue weighted by molar-refractivity contribution is -0.116. The van der Waals surface area contributed by atoms with Crippen LogP contribution in [0.15, 0.2) is 35.2 Å². The molecule has 0 radical (unpaired) electrons. The lowest BCUT2D eigenvalue weighted by Crippen LogP contribution is -2.36. The first-order valence-corrected chi connectivity index (χ1v) is 8.09. The Morgan fingerprint density at radius 1 is 1.18 bits per heavy atom. The first-order chi connectivity index (χ1) is 10.6. The molecule has 0 aliphatic carbocycles. The van der Waals surface area contributed by atoms with E-state index in [4.69, 9.17) is 0 Å². The van der Waals surface area contributed by atoms with Gasteiger partial charge in [0.1, 0.15) is 5.69 Å². The van der Waals surface area contributed by atoms with E-state index >= 15 is 0 Å². The molecule has 2 amide bonds. The normalized spacial score (nSPS) is 17.8. The van der Waals surface area contributed by atoms with E-state index in [1.54, 1.807) is 27.6 Å². The van der Waals surface area contributed by atoms with Gasteiger partial charge in [-0.15, -0.1) is 11.3 Å². The van der Waals surface area contributed by atoms with E-state index in [2.05, 4.69) is 4.98 Å². The maximum absolute atomic E-state index is 12.8. The zero-order valence-electron chi connectivity index (χ0n) is 12.5. The zero-order chi connectivity index (χ0) is 15.7. The predicted molar refractivity (Wildman–Crippen MR) is 87.4 cm³/mol. The van der Waals surface area contributed by atoms with Gasteiger partial charge < -0.3 is 9.80 Å². The van der Waals surface area contributed by atoms with Gasteiger partial charge in [0.25, 0.3) is 5.91 Å². The molecule has 1 aromatic carbocycles. The summed E-state index contributed by atoms with van der Waals surface area (Å²) in [6.45, 7) is 4.77. The maximum atomic E-state index is 12.8. The van der Waals surface area contributed by atoms with Crippen LogP contribution in [-0.2, 0) is 4.79 Å². The maximum Gasteiger partial charge on any atom is 0.277 e. The summed E-state index contributed by atoms with van der Waals surface area (Å²) in [5.41, 5.74) is 3.65. The fourth-order valence-corrected chi connectivity index (χ4v) is 3.27. The molecule has 0 unspecified atom stereocenters. The van der Waals surface area contributed by atoms with Crippen molar-refractivity contribution in [2.75, 3.05) is 22.9 Å². The number of thiazole rings is 1. The summed E-state index contributed by atoms with van der Waals surface area (Å²) < 4.78 is 0. The second-order valence-electron chi connectivity index (χ2n) is 5.51. The smallest absolute Gasteiger partial charge is 0.277 e. The first kappa shape index (κ1) is 14.7. The van der Waals surface area contributed by atoms with Gasteiger partial charge in [-0.1, -0.05) is 19.1 Å². The van der Waals surface area contributed by atoms with Crippen LogP contribution in [0.25, 0.3) is 0 Å². The Morgan fingerprint density at radius 2 is 1.82 bits per heavy atom. The second-order valence-corrected chi connectivity index (χ2v) is 6.23. The largest absolute Gasteiger partial charge is 0.310 e. The van der Waals surface area contributed by atoms with Gasteiger partial charge in [-0.25, -0.2) is 4.98 Å². The molecule has 5 nitrogen and oxygen atoms in total. The number of hydrogen-bond acceptors (Lipinski definition) is 4. The van der Waals surface area contributed by atoms with E-state index in [1.807, 2.05) is 31.2 Å². The highest BCUT2D eigenvalue weighted by molar-refractivity contribution is 7.07. The number of nitrogens with zero attached hydrogens (tertiary/aromatic N) is 3. The number of anilines is 2. The monoisotopic (exact) mass is 315 g/mol. The highest BCUT2D eigenvalue weighted by Crippen LogP contribution is 2.34. The molecular weight excluding hydrogens is 298 g/mol. The third-order valence-electron chi connectivity index (χ3n) is 3.73. The van der Waals surface area contributed by atoms with Crippen LogP contribution < -0.4 is 9.80 Å². The van der Waals surface area contributed by atoms with E-state index in [1.165, 1.54) is 11.3 Å². The average molecular weight is 315 g/mol. The number of hydrogen-bond donors (Lipinski definition) is 0. The Balaban J connectivity index is 2.08. The van der Waals surface area contributed by atoms with Crippen LogP contribution in [-0.4, -0.2) is 29.9 Å². The minimum atomic E-state index is -0.119. The fourth-order valence-electron chi connectivity index (χ4n) is 2.75. The van der Waals surface area contributed by atoms with E-state index in [0.29, 0.717) is 18.8 Å². The Bertz CT molecular complexity index is 699. The van der Waals surface area contributed by atoms with E-state index in [-0.39, 0.29) is 17.7 Å². The van der Waals surface area contributed by atoms with Crippen molar-refractivity contribution in [3.8, 4) is 0 Å². The summed E-state index contributed by atoms with van der Waals surface area (Å²) in [6, 6.07) is 7.54. The average Bonchev–Trinajstić information content (AvgIpc) is 2.99. The van der Waals surface area contributed by atoms with Gasteiger partial charge in [-0.3, -0.25) is 9.59 Å². The van der Waals surface area contributed by atoms with Gasteiger partial charge in [0.15, 0.2) is 0 Å². The van der Waals surface area contributed by atoms with Crippen LogP contribution in [0.2, 0.25) is 0 Å². The topological polar surface area (TPSA) is 53.5 Å². The molecule has 0 bridgehead atoms. The molecule has 0 spiro atoms. The number of amides is 2. The molecule has 114 valence electrons. The van der Waals surface area contributed by atoms with Crippen molar-refractivity contribution in [2.45, 2.75) is 13.8 Å². The van der Waals surface area contributed by atoms with Crippen molar-refractivity contribution in [1.29, 1.82) is 0 Å². The minimum absolute atomic E-state index is 0.0118. The van der Waals surface area contributed by atoms with Crippen LogP contribution in [0.1, 0.15) is 24.3 Å². The van der Waals surface area contributed by atoms with Gasteiger partial charge in [0.2, 0.25) is 5.91 Å². The van der Waals surface area contributed by atoms with Crippen molar-refractivity contribution >= 4 is 34.5 Å². The number of benzene rings is 1. The third-order valence-corrected chi connectivity index (χ3v) is 4.31. The molecule has 1 aliphatic rings. The van der Waals surface area contributed by atoms with Crippen molar-refractivity contribution in [3.63, 3.8) is 0 Å². The van der Waals surface area contributed by atoms with Crippen molar-refractivity contribution in [1.82, 2.24) is 4.98 Å². The SMILES string of the molecule is CC(=O)N1C[C@H](C)CN(C(=O)c2cscn2)c2ccccc21. The molecule has 1 aromatic heterocycles. The van der Waals surface area contributed by atoms with Crippen LogP contribution in [0.3, 0.4) is 0 Å². The van der Waals surface area contributed by atoms with Gasteiger partial charge in [-0.2, -0.15) is 0 Å². The van der Waals surface area contributed by atoms with Crippen LogP contribution in [0.5, 0.6) is 0 Å². The highest BCUT2D eigenvalue weighted by Gasteiger charge is 2.30. The van der Waals surface area contributed by atoms with Gasteiger partial charge in [0.05, 0.1) is 16.9 Å². The number of rotatable bonds is 1. The van der Waals surface area contributed by atoms with Gasteiger partial charge in [0, 0.05) is 25.4 Å². The molecule has 22 heavy (non-hydrogen) atoms. The Labute approximate surface area is 133 Å². The van der Waals surface area contributed by atoms with Crippen molar-refractivity contribution < 1.29 is 9.59 Å². The van der Waals surface area contributed by atoms with E-state index in [9.17, 15) is 9.59 Å². The summed E-state index contributed by atoms with van der Waals surface area (Å²) in [5, 5.41) is 1.75. The number of fused-ring (bicyclic) bond motifs is 1. The van der Waals surface area contributed by atoms with Crippen molar-refractivity contribution in [2.24, 2.45) is 5.92 Å². The van der Waals surface area contributed by atoms with Crippen molar-refractivity contribution in [3.05, 3.63) is 40.8 Å². The summed E-state index contributed by atoms with van der Waals surface area (Å²) in [6.07, 6.45) is 0. The number of aromatic nitrogens is 1. The Hall–Kier alpha value is -2.21. The summed E-state index contributed by atoms with van der Waals surface area (Å²) >= 11 is 1.40. The highest BCUT2D eigenvalue weighted by atomic mass is 32.1. The molecule has 2 heterocycles. The second kappa shape index (κ2) is 5.88. The Kier molecular flexibility index (Phi) is 3.94. The zero-order valence-corrected chi connectivity index (χ0v) is 13.3. The van der Waals surface area contributed by atoms with Crippen LogP contribution >= 0.6 is 11.3 Å². The molecule has 0 saturated carbocycles. The number of carbonyl (C=O) groups excluding carboxylic acids is 2. The lowest BCUT2D eigenvalue weighted by Gasteiger charge is -2.24. The van der Waals surface area contributed by atoms with Crippen LogP contribution in [0, 0.1) is 5.92 Å². The third kappa shape index (κ3) is 2.62. The fraction of sp³-hybridized carbons (Fsp3) is 0.312. The molecule has 0 N–H and O–H groups in total. The molecule has 1 atom stereocenters. The quantitative estimate of drug-likeness (QED) is 0.813. The predicted octanol–water partition coefficient (Wildman–Crippen LogP) is 2.79. The lowest BCUT2D eigenvalue weighted by atomic mass is 10.1. The molecule has 0 saturated heterocycles. The summed E-state index contributed by atoms with van der Waals surface area (Å²) in [7, 11) is 0. The molecule has 0 fully saturated rings. The molecule has 6 heteroatoms. The summed E-state index contributed by atoms with van der Waals surface area (Å²) in [5.74, 6) is 0.0482. The summed E-state index contributed by atoms with van der Waals surface area (Å²) in [4.78, 5) is 32.3. The standard InChI is InChI=1S/C16H17N3O2S/c1-11-7-18(12(2)20)14-5-3-4-6-15(14)19(8-11)16(21)13-9-22-10-17-13/h3-6,9-11H,7-8H2,1-2H3/t11-/m0/s1. The first-order valence-electron chi connectivity index (χ1n) is 7.15. The molecule has 2 aromatic rings.